The Bertz CT molecular complexity index is 321. The second-order valence-corrected chi connectivity index (χ2v) is 2.95. The van der Waals surface area contributed by atoms with E-state index < -0.39 is 19.1 Å². The van der Waals surface area contributed by atoms with E-state index in [1.54, 1.807) is 0 Å². The number of nitrogens with one attached hydrogen (secondary N) is 1. The van der Waals surface area contributed by atoms with Crippen molar-refractivity contribution in [1.29, 1.82) is 0 Å². The summed E-state index contributed by atoms with van der Waals surface area (Å²) in [5, 5.41) is 10.8. The van der Waals surface area contributed by atoms with Crippen molar-refractivity contribution in [1.82, 2.24) is 4.98 Å². The molecule has 0 saturated heterocycles. The molecule has 84 valence electrons. The lowest BCUT2D eigenvalue weighted by atomic mass is 10.3. The van der Waals surface area contributed by atoms with Crippen molar-refractivity contribution in [3.8, 4) is 5.88 Å². The Morgan fingerprint density at radius 2 is 2.33 bits per heavy atom. The van der Waals surface area contributed by atoms with E-state index in [1.807, 2.05) is 0 Å². The Morgan fingerprint density at radius 3 is 2.93 bits per heavy atom. The number of anilines is 1. The molecule has 4 nitrogen and oxygen atoms in total. The van der Waals surface area contributed by atoms with E-state index in [0.29, 0.717) is 11.6 Å². The average molecular weight is 218 g/mol. The zero-order valence-electron chi connectivity index (χ0n) is 8.20. The van der Waals surface area contributed by atoms with Crippen LogP contribution in [0.3, 0.4) is 0 Å². The van der Waals surface area contributed by atoms with E-state index in [0.717, 1.165) is 0 Å². The molecule has 6 heteroatoms. The highest BCUT2D eigenvalue weighted by Gasteiger charge is 2.27. The number of aliphatic hydroxyl groups excluding tert-OH is 1. The van der Waals surface area contributed by atoms with Gasteiger partial charge in [0.1, 0.15) is 6.61 Å². The van der Waals surface area contributed by atoms with Gasteiger partial charge in [-0.05, 0) is 6.07 Å². The first-order valence-electron chi connectivity index (χ1n) is 4.30. The van der Waals surface area contributed by atoms with Crippen LogP contribution in [0.15, 0.2) is 18.3 Å². The molecule has 0 radical (unpaired) electrons. The molecule has 0 atom stereocenters. The van der Waals surface area contributed by atoms with E-state index in [2.05, 4.69) is 10.3 Å². The SMILES string of the molecule is COc1cc(NCC(F)(F)CO)ccn1. The zero-order valence-corrected chi connectivity index (χ0v) is 8.20. The third-order valence-corrected chi connectivity index (χ3v) is 1.73. The van der Waals surface area contributed by atoms with Gasteiger partial charge in [0.05, 0.1) is 13.7 Å². The molecule has 0 amide bonds. The Labute approximate surface area is 85.9 Å². The standard InChI is InChI=1S/C9H12F2N2O2/c1-15-8-4-7(2-3-12-8)13-5-9(10,11)6-14/h2-4,14H,5-6H2,1H3,(H,12,13). The monoisotopic (exact) mass is 218 g/mol. The van der Waals surface area contributed by atoms with Crippen LogP contribution in [0, 0.1) is 0 Å². The number of ether oxygens (including phenoxy) is 1. The van der Waals surface area contributed by atoms with E-state index in [9.17, 15) is 8.78 Å². The van der Waals surface area contributed by atoms with Gasteiger partial charge in [0.2, 0.25) is 5.88 Å². The van der Waals surface area contributed by atoms with Crippen LogP contribution in [-0.4, -0.2) is 36.3 Å². The maximum absolute atomic E-state index is 12.7. The molecule has 1 heterocycles. The van der Waals surface area contributed by atoms with E-state index in [1.165, 1.54) is 25.4 Å². The third-order valence-electron chi connectivity index (χ3n) is 1.73. The molecule has 0 aliphatic carbocycles. The quantitative estimate of drug-likeness (QED) is 0.777. The molecule has 0 aliphatic rings. The number of hydrogen-bond acceptors (Lipinski definition) is 4. The van der Waals surface area contributed by atoms with Crippen LogP contribution in [0.1, 0.15) is 0 Å². The van der Waals surface area contributed by atoms with Gasteiger partial charge in [-0.1, -0.05) is 0 Å². The van der Waals surface area contributed by atoms with Crippen LogP contribution in [-0.2, 0) is 0 Å². The summed E-state index contributed by atoms with van der Waals surface area (Å²) in [5.74, 6) is -2.79. The lowest BCUT2D eigenvalue weighted by Crippen LogP contribution is -2.30. The minimum atomic E-state index is -3.13. The molecule has 0 bridgehead atoms. The highest BCUT2D eigenvalue weighted by molar-refractivity contribution is 5.45. The number of alkyl halides is 2. The smallest absolute Gasteiger partial charge is 0.287 e. The van der Waals surface area contributed by atoms with Crippen molar-refractivity contribution in [2.24, 2.45) is 0 Å². The van der Waals surface area contributed by atoms with Crippen molar-refractivity contribution in [2.75, 3.05) is 25.6 Å². The Morgan fingerprint density at radius 1 is 1.60 bits per heavy atom. The lowest BCUT2D eigenvalue weighted by molar-refractivity contribution is -0.0372. The maximum atomic E-state index is 12.7. The Hall–Kier alpha value is -1.43. The predicted octanol–water partition coefficient (Wildman–Crippen LogP) is 1.13. The minimum absolute atomic E-state index is 0.340. The summed E-state index contributed by atoms with van der Waals surface area (Å²) < 4.78 is 30.1. The molecule has 0 fully saturated rings. The Balaban J connectivity index is 2.57. The van der Waals surface area contributed by atoms with E-state index in [4.69, 9.17) is 9.84 Å². The van der Waals surface area contributed by atoms with Gasteiger partial charge in [0.25, 0.3) is 5.92 Å². The van der Waals surface area contributed by atoms with Crippen LogP contribution in [0.25, 0.3) is 0 Å². The highest BCUT2D eigenvalue weighted by Crippen LogP contribution is 2.17. The fraction of sp³-hybridized carbons (Fsp3) is 0.444. The molecule has 2 N–H and O–H groups in total. The van der Waals surface area contributed by atoms with Gasteiger partial charge >= 0.3 is 0 Å². The number of aromatic nitrogens is 1. The van der Waals surface area contributed by atoms with Crippen molar-refractivity contribution < 1.29 is 18.6 Å². The van der Waals surface area contributed by atoms with Crippen molar-refractivity contribution in [2.45, 2.75) is 5.92 Å². The molecule has 0 aliphatic heterocycles. The second-order valence-electron chi connectivity index (χ2n) is 2.95. The molecular formula is C9H12F2N2O2. The first-order valence-corrected chi connectivity index (χ1v) is 4.30. The molecule has 0 aromatic carbocycles. The molecule has 0 spiro atoms. The van der Waals surface area contributed by atoms with Crippen LogP contribution in [0.4, 0.5) is 14.5 Å². The molecule has 1 aromatic heterocycles. The number of hydrogen-bond donors (Lipinski definition) is 2. The van der Waals surface area contributed by atoms with E-state index in [-0.39, 0.29) is 0 Å². The largest absolute Gasteiger partial charge is 0.481 e. The predicted molar refractivity (Wildman–Crippen MR) is 51.3 cm³/mol. The number of halogens is 2. The normalized spacial score (nSPS) is 11.2. The lowest BCUT2D eigenvalue weighted by Gasteiger charge is -2.14. The molecule has 1 rings (SSSR count). The van der Waals surface area contributed by atoms with Gasteiger partial charge in [-0.2, -0.15) is 0 Å². The third kappa shape index (κ3) is 3.67. The molecular weight excluding hydrogens is 206 g/mol. The highest BCUT2D eigenvalue weighted by atomic mass is 19.3. The van der Waals surface area contributed by atoms with Gasteiger partial charge in [-0.25, -0.2) is 13.8 Å². The number of rotatable bonds is 5. The average Bonchev–Trinajstić information content (AvgIpc) is 2.27. The first kappa shape index (κ1) is 11.6. The fourth-order valence-corrected chi connectivity index (χ4v) is 0.918. The summed E-state index contributed by atoms with van der Waals surface area (Å²) in [6.07, 6.45) is 1.44. The summed E-state index contributed by atoms with van der Waals surface area (Å²) in [6, 6.07) is 3.03. The van der Waals surface area contributed by atoms with Gasteiger partial charge in [0.15, 0.2) is 0 Å². The summed E-state index contributed by atoms with van der Waals surface area (Å²) in [7, 11) is 1.44. The van der Waals surface area contributed by atoms with Crippen molar-refractivity contribution in [3.63, 3.8) is 0 Å². The van der Waals surface area contributed by atoms with E-state index >= 15 is 0 Å². The second kappa shape index (κ2) is 4.88. The van der Waals surface area contributed by atoms with Crippen molar-refractivity contribution >= 4 is 5.69 Å². The zero-order chi connectivity index (χ0) is 11.3. The minimum Gasteiger partial charge on any atom is -0.481 e. The summed E-state index contributed by atoms with van der Waals surface area (Å²) in [5.41, 5.74) is 0.468. The summed E-state index contributed by atoms with van der Waals surface area (Å²) in [6.45, 7) is -1.81. The molecule has 0 saturated carbocycles. The molecule has 0 unspecified atom stereocenters. The Kier molecular flexibility index (Phi) is 3.79. The first-order chi connectivity index (χ1) is 7.07. The maximum Gasteiger partial charge on any atom is 0.287 e. The van der Waals surface area contributed by atoms with Gasteiger partial charge in [0, 0.05) is 18.0 Å². The van der Waals surface area contributed by atoms with Gasteiger partial charge < -0.3 is 15.2 Å². The molecule has 1 aromatic rings. The number of methoxy groups -OCH3 is 1. The van der Waals surface area contributed by atoms with Crippen molar-refractivity contribution in [3.05, 3.63) is 18.3 Å². The molecule has 15 heavy (non-hydrogen) atoms. The summed E-state index contributed by atoms with van der Waals surface area (Å²) >= 11 is 0. The van der Waals surface area contributed by atoms with Gasteiger partial charge in [-0.15, -0.1) is 0 Å². The topological polar surface area (TPSA) is 54.4 Å². The number of aliphatic hydroxyl groups is 1. The van der Waals surface area contributed by atoms with Gasteiger partial charge in [-0.3, -0.25) is 0 Å². The van der Waals surface area contributed by atoms with Crippen LogP contribution >= 0.6 is 0 Å². The number of pyridine rings is 1. The fourth-order valence-electron chi connectivity index (χ4n) is 0.918. The van der Waals surface area contributed by atoms with Crippen LogP contribution in [0.5, 0.6) is 5.88 Å². The summed E-state index contributed by atoms with van der Waals surface area (Å²) in [4.78, 5) is 3.82. The number of nitrogens with zero attached hydrogens (tertiary/aromatic N) is 1. The van der Waals surface area contributed by atoms with Crippen LogP contribution in [0.2, 0.25) is 0 Å². The van der Waals surface area contributed by atoms with Crippen LogP contribution < -0.4 is 10.1 Å².